The number of amides is 1. The van der Waals surface area contributed by atoms with Crippen LogP contribution in [-0.4, -0.2) is 10.9 Å². The van der Waals surface area contributed by atoms with Gasteiger partial charge in [0.05, 0.1) is 0 Å². The fourth-order valence-electron chi connectivity index (χ4n) is 2.50. The third-order valence-electron chi connectivity index (χ3n) is 3.70. The summed E-state index contributed by atoms with van der Waals surface area (Å²) in [7, 11) is 0. The third kappa shape index (κ3) is 2.60. The first-order valence-electron chi connectivity index (χ1n) is 6.84. The van der Waals surface area contributed by atoms with Gasteiger partial charge in [-0.1, -0.05) is 12.1 Å². The zero-order valence-corrected chi connectivity index (χ0v) is 11.8. The minimum atomic E-state index is -0.398. The first kappa shape index (κ1) is 13.2. The Morgan fingerprint density at radius 1 is 1.24 bits per heavy atom. The minimum absolute atomic E-state index is 0.398. The molecule has 0 aliphatic rings. The van der Waals surface area contributed by atoms with Gasteiger partial charge in [0.15, 0.2) is 0 Å². The number of carbonyl (C=O) groups is 1. The highest BCUT2D eigenvalue weighted by Gasteiger charge is 2.08. The largest absolute Gasteiger partial charge is 0.381 e. The molecule has 21 heavy (non-hydrogen) atoms. The number of carbonyl (C=O) groups excluding carboxylic acids is 1. The van der Waals surface area contributed by atoms with Crippen molar-refractivity contribution < 1.29 is 4.79 Å². The number of benzene rings is 2. The number of fused-ring (bicyclic) bond motifs is 1. The zero-order valence-electron chi connectivity index (χ0n) is 11.8. The Labute approximate surface area is 123 Å². The molecule has 3 aromatic rings. The van der Waals surface area contributed by atoms with Crippen LogP contribution in [-0.2, 0) is 6.54 Å². The van der Waals surface area contributed by atoms with Crippen molar-refractivity contribution in [3.05, 3.63) is 65.4 Å². The molecule has 1 aromatic heterocycles. The molecule has 0 spiro atoms. The van der Waals surface area contributed by atoms with E-state index in [1.807, 2.05) is 25.3 Å². The number of H-pyrrole nitrogens is 1. The molecule has 106 valence electrons. The molecular formula is C17H17N3O. The molecule has 4 N–H and O–H groups in total. The normalized spacial score (nSPS) is 10.7. The van der Waals surface area contributed by atoms with E-state index in [0.29, 0.717) is 12.1 Å². The number of nitrogens with one attached hydrogen (secondary N) is 2. The van der Waals surface area contributed by atoms with E-state index in [2.05, 4.69) is 34.6 Å². The lowest BCUT2D eigenvalue weighted by Gasteiger charge is -2.12. The number of rotatable bonds is 4. The number of hydrogen-bond donors (Lipinski definition) is 3. The van der Waals surface area contributed by atoms with E-state index in [1.54, 1.807) is 6.07 Å². The number of hydrogen-bond acceptors (Lipinski definition) is 2. The second-order valence-corrected chi connectivity index (χ2v) is 5.10. The molecule has 0 atom stereocenters. The number of aromatic amines is 1. The van der Waals surface area contributed by atoms with Crippen molar-refractivity contribution in [2.45, 2.75) is 13.5 Å². The first-order chi connectivity index (χ1) is 10.1. The lowest BCUT2D eigenvalue weighted by atomic mass is 10.1. The SMILES string of the molecule is Cc1c(NCc2ccc3[nH]ccc3c2)cccc1C(N)=O. The molecule has 0 unspecified atom stereocenters. The van der Waals surface area contributed by atoms with E-state index < -0.39 is 5.91 Å². The highest BCUT2D eigenvalue weighted by Crippen LogP contribution is 2.20. The number of nitrogens with two attached hydrogens (primary N) is 1. The Morgan fingerprint density at radius 3 is 2.90 bits per heavy atom. The molecule has 0 radical (unpaired) electrons. The van der Waals surface area contributed by atoms with Crippen molar-refractivity contribution >= 4 is 22.5 Å². The topological polar surface area (TPSA) is 70.9 Å². The molecule has 3 rings (SSSR count). The van der Waals surface area contributed by atoms with Crippen molar-refractivity contribution in [2.75, 3.05) is 5.32 Å². The van der Waals surface area contributed by atoms with Crippen molar-refractivity contribution in [1.82, 2.24) is 4.98 Å². The van der Waals surface area contributed by atoms with Crippen LogP contribution in [0.25, 0.3) is 10.9 Å². The average molecular weight is 279 g/mol. The summed E-state index contributed by atoms with van der Waals surface area (Å²) in [6.45, 7) is 2.60. The summed E-state index contributed by atoms with van der Waals surface area (Å²) in [6, 6.07) is 13.9. The Kier molecular flexibility index (Phi) is 3.36. The van der Waals surface area contributed by atoms with Gasteiger partial charge < -0.3 is 16.0 Å². The van der Waals surface area contributed by atoms with Gasteiger partial charge in [-0.15, -0.1) is 0 Å². The van der Waals surface area contributed by atoms with Gasteiger partial charge >= 0.3 is 0 Å². The Hall–Kier alpha value is -2.75. The molecule has 0 aliphatic heterocycles. The molecule has 4 heteroatoms. The van der Waals surface area contributed by atoms with Crippen molar-refractivity contribution in [3.63, 3.8) is 0 Å². The summed E-state index contributed by atoms with van der Waals surface area (Å²) < 4.78 is 0. The molecule has 1 heterocycles. The van der Waals surface area contributed by atoms with Gasteiger partial charge in [-0.05, 0) is 53.8 Å². The third-order valence-corrected chi connectivity index (χ3v) is 3.70. The Balaban J connectivity index is 1.81. The van der Waals surface area contributed by atoms with Crippen LogP contribution in [0.2, 0.25) is 0 Å². The fraction of sp³-hybridized carbons (Fsp3) is 0.118. The zero-order chi connectivity index (χ0) is 14.8. The van der Waals surface area contributed by atoms with Crippen molar-refractivity contribution in [3.8, 4) is 0 Å². The van der Waals surface area contributed by atoms with E-state index in [0.717, 1.165) is 16.8 Å². The number of primary amides is 1. The monoisotopic (exact) mass is 279 g/mol. The summed E-state index contributed by atoms with van der Waals surface area (Å²) in [5.74, 6) is -0.398. The van der Waals surface area contributed by atoms with Crippen LogP contribution >= 0.6 is 0 Å². The summed E-state index contributed by atoms with van der Waals surface area (Å²) in [4.78, 5) is 14.5. The van der Waals surface area contributed by atoms with E-state index in [-0.39, 0.29) is 0 Å². The number of anilines is 1. The van der Waals surface area contributed by atoms with Crippen LogP contribution in [0.5, 0.6) is 0 Å². The van der Waals surface area contributed by atoms with E-state index in [1.165, 1.54) is 10.9 Å². The maximum Gasteiger partial charge on any atom is 0.249 e. The molecular weight excluding hydrogens is 262 g/mol. The van der Waals surface area contributed by atoms with Crippen LogP contribution in [0.1, 0.15) is 21.5 Å². The highest BCUT2D eigenvalue weighted by molar-refractivity contribution is 5.95. The number of aromatic nitrogens is 1. The van der Waals surface area contributed by atoms with Gasteiger partial charge in [-0.2, -0.15) is 0 Å². The van der Waals surface area contributed by atoms with Gasteiger partial charge in [0.25, 0.3) is 0 Å². The summed E-state index contributed by atoms with van der Waals surface area (Å²) in [5, 5.41) is 4.55. The quantitative estimate of drug-likeness (QED) is 0.686. The van der Waals surface area contributed by atoms with Gasteiger partial charge in [-0.3, -0.25) is 4.79 Å². The molecule has 0 saturated heterocycles. The molecule has 2 aromatic carbocycles. The van der Waals surface area contributed by atoms with Gasteiger partial charge in [0, 0.05) is 29.5 Å². The molecule has 1 amide bonds. The van der Waals surface area contributed by atoms with Crippen LogP contribution in [0.15, 0.2) is 48.7 Å². The second kappa shape index (κ2) is 5.32. The average Bonchev–Trinajstić information content (AvgIpc) is 2.93. The lowest BCUT2D eigenvalue weighted by molar-refractivity contribution is 0.1000. The van der Waals surface area contributed by atoms with Crippen LogP contribution in [0.4, 0.5) is 5.69 Å². The predicted molar refractivity (Wildman–Crippen MR) is 85.3 cm³/mol. The Morgan fingerprint density at radius 2 is 2.10 bits per heavy atom. The highest BCUT2D eigenvalue weighted by atomic mass is 16.1. The maximum absolute atomic E-state index is 11.4. The van der Waals surface area contributed by atoms with Crippen molar-refractivity contribution in [2.24, 2.45) is 5.73 Å². The maximum atomic E-state index is 11.4. The predicted octanol–water partition coefficient (Wildman–Crippen LogP) is 3.19. The Bertz CT molecular complexity index is 805. The van der Waals surface area contributed by atoms with Crippen LogP contribution < -0.4 is 11.1 Å². The smallest absolute Gasteiger partial charge is 0.249 e. The van der Waals surface area contributed by atoms with Gasteiger partial charge in [0.2, 0.25) is 5.91 Å². The van der Waals surface area contributed by atoms with E-state index in [9.17, 15) is 4.79 Å². The van der Waals surface area contributed by atoms with Crippen LogP contribution in [0.3, 0.4) is 0 Å². The van der Waals surface area contributed by atoms with E-state index in [4.69, 9.17) is 5.73 Å². The fourth-order valence-corrected chi connectivity index (χ4v) is 2.50. The molecule has 0 bridgehead atoms. The van der Waals surface area contributed by atoms with Crippen LogP contribution in [0, 0.1) is 6.92 Å². The molecule has 0 aliphatic carbocycles. The molecule has 4 nitrogen and oxygen atoms in total. The van der Waals surface area contributed by atoms with Gasteiger partial charge in [-0.25, -0.2) is 0 Å². The molecule has 0 saturated carbocycles. The minimum Gasteiger partial charge on any atom is -0.381 e. The lowest BCUT2D eigenvalue weighted by Crippen LogP contribution is -2.13. The second-order valence-electron chi connectivity index (χ2n) is 5.10. The summed E-state index contributed by atoms with van der Waals surface area (Å²) >= 11 is 0. The van der Waals surface area contributed by atoms with E-state index >= 15 is 0 Å². The van der Waals surface area contributed by atoms with Crippen molar-refractivity contribution in [1.29, 1.82) is 0 Å². The first-order valence-corrected chi connectivity index (χ1v) is 6.84. The summed E-state index contributed by atoms with van der Waals surface area (Å²) in [6.07, 6.45) is 1.93. The standard InChI is InChI=1S/C17H17N3O/c1-11-14(17(18)21)3-2-4-15(11)20-10-12-5-6-16-13(9-12)7-8-19-16/h2-9,19-20H,10H2,1H3,(H2,18,21). The summed E-state index contributed by atoms with van der Waals surface area (Å²) in [5.41, 5.74) is 10.1. The van der Waals surface area contributed by atoms with Gasteiger partial charge in [0.1, 0.15) is 0 Å². The molecule has 0 fully saturated rings.